The second kappa shape index (κ2) is 6.83. The second-order valence-electron chi connectivity index (χ2n) is 4.39. The molecule has 20 heavy (non-hydrogen) atoms. The van der Waals surface area contributed by atoms with Crippen molar-refractivity contribution >= 4 is 16.0 Å². The Morgan fingerprint density at radius 1 is 1.35 bits per heavy atom. The van der Waals surface area contributed by atoms with E-state index in [1.807, 2.05) is 0 Å². The van der Waals surface area contributed by atoms with Crippen LogP contribution in [0, 0.1) is 0 Å². The van der Waals surface area contributed by atoms with Gasteiger partial charge < -0.3 is 10.2 Å². The quantitative estimate of drug-likeness (QED) is 0.697. The Hall–Kier alpha value is -1.44. The SMILES string of the molecule is CCc1ccc(S(=O)(=O)NC(CC)CO)cc1C(=O)O. The lowest BCUT2D eigenvalue weighted by Crippen LogP contribution is -2.37. The molecule has 0 aromatic heterocycles. The van der Waals surface area contributed by atoms with E-state index >= 15 is 0 Å². The Morgan fingerprint density at radius 2 is 2.00 bits per heavy atom. The van der Waals surface area contributed by atoms with Crippen molar-refractivity contribution in [2.75, 3.05) is 6.61 Å². The lowest BCUT2D eigenvalue weighted by Gasteiger charge is -2.15. The molecule has 1 rings (SSSR count). The molecule has 112 valence electrons. The molecule has 0 saturated heterocycles. The zero-order valence-electron chi connectivity index (χ0n) is 11.5. The molecular weight excluding hydrogens is 282 g/mol. The van der Waals surface area contributed by atoms with Crippen LogP contribution in [0.3, 0.4) is 0 Å². The second-order valence-corrected chi connectivity index (χ2v) is 6.10. The van der Waals surface area contributed by atoms with Crippen LogP contribution in [0.4, 0.5) is 0 Å². The molecule has 0 radical (unpaired) electrons. The van der Waals surface area contributed by atoms with Crippen LogP contribution in [-0.4, -0.2) is 37.2 Å². The van der Waals surface area contributed by atoms with Gasteiger partial charge in [-0.3, -0.25) is 0 Å². The predicted molar refractivity (Wildman–Crippen MR) is 74.3 cm³/mol. The number of nitrogens with one attached hydrogen (secondary N) is 1. The summed E-state index contributed by atoms with van der Waals surface area (Å²) >= 11 is 0. The average Bonchev–Trinajstić information content (AvgIpc) is 2.43. The van der Waals surface area contributed by atoms with Gasteiger partial charge in [0.05, 0.1) is 17.1 Å². The van der Waals surface area contributed by atoms with Crippen LogP contribution in [0.15, 0.2) is 23.1 Å². The molecule has 1 atom stereocenters. The molecule has 3 N–H and O–H groups in total. The van der Waals surface area contributed by atoms with Crippen LogP contribution in [-0.2, 0) is 16.4 Å². The van der Waals surface area contributed by atoms with E-state index in [1.54, 1.807) is 13.8 Å². The van der Waals surface area contributed by atoms with E-state index in [2.05, 4.69) is 4.72 Å². The summed E-state index contributed by atoms with van der Waals surface area (Å²) in [5, 5.41) is 18.1. The van der Waals surface area contributed by atoms with Crippen molar-refractivity contribution < 1.29 is 23.4 Å². The van der Waals surface area contributed by atoms with Gasteiger partial charge in [-0.2, -0.15) is 0 Å². The van der Waals surface area contributed by atoms with Crippen LogP contribution >= 0.6 is 0 Å². The molecule has 0 fully saturated rings. The number of carbonyl (C=O) groups is 1. The van der Waals surface area contributed by atoms with Crippen LogP contribution in [0.2, 0.25) is 0 Å². The number of sulfonamides is 1. The van der Waals surface area contributed by atoms with Crippen LogP contribution in [0.5, 0.6) is 0 Å². The van der Waals surface area contributed by atoms with Gasteiger partial charge in [-0.05, 0) is 30.5 Å². The molecule has 0 spiro atoms. The zero-order valence-corrected chi connectivity index (χ0v) is 12.3. The number of carboxylic acid groups (broad SMARTS) is 1. The van der Waals surface area contributed by atoms with Gasteiger partial charge in [-0.1, -0.05) is 19.9 Å². The monoisotopic (exact) mass is 301 g/mol. The van der Waals surface area contributed by atoms with Crippen molar-refractivity contribution in [1.29, 1.82) is 0 Å². The highest BCUT2D eigenvalue weighted by molar-refractivity contribution is 7.89. The number of hydrogen-bond donors (Lipinski definition) is 3. The Morgan fingerprint density at radius 3 is 2.45 bits per heavy atom. The molecule has 0 amide bonds. The first-order valence-electron chi connectivity index (χ1n) is 6.35. The summed E-state index contributed by atoms with van der Waals surface area (Å²) < 4.78 is 26.6. The largest absolute Gasteiger partial charge is 0.478 e. The zero-order chi connectivity index (χ0) is 15.3. The number of aliphatic hydroxyl groups is 1. The molecule has 1 aromatic rings. The van der Waals surface area contributed by atoms with E-state index in [9.17, 15) is 13.2 Å². The Balaban J connectivity index is 3.19. The van der Waals surface area contributed by atoms with Gasteiger partial charge in [-0.15, -0.1) is 0 Å². The third kappa shape index (κ3) is 3.78. The lowest BCUT2D eigenvalue weighted by molar-refractivity contribution is 0.0695. The first kappa shape index (κ1) is 16.6. The number of benzene rings is 1. The number of hydrogen-bond acceptors (Lipinski definition) is 4. The van der Waals surface area contributed by atoms with Gasteiger partial charge in [0.2, 0.25) is 10.0 Å². The number of rotatable bonds is 7. The van der Waals surface area contributed by atoms with E-state index < -0.39 is 22.0 Å². The standard InChI is InChI=1S/C13H19NO5S/c1-3-9-5-6-11(7-12(9)13(16)17)20(18,19)14-10(4-2)8-15/h5-7,10,14-15H,3-4,8H2,1-2H3,(H,16,17). The fourth-order valence-corrected chi connectivity index (χ4v) is 3.10. The third-order valence-electron chi connectivity index (χ3n) is 3.04. The van der Waals surface area contributed by atoms with Gasteiger partial charge >= 0.3 is 5.97 Å². The summed E-state index contributed by atoms with van der Waals surface area (Å²) in [6.45, 7) is 3.23. The Bertz CT molecular complexity index is 578. The van der Waals surface area contributed by atoms with Crippen LogP contribution < -0.4 is 4.72 Å². The summed E-state index contributed by atoms with van der Waals surface area (Å²) in [7, 11) is -3.84. The average molecular weight is 301 g/mol. The lowest BCUT2D eigenvalue weighted by atomic mass is 10.1. The highest BCUT2D eigenvalue weighted by Gasteiger charge is 2.21. The minimum atomic E-state index is -3.84. The van der Waals surface area contributed by atoms with Gasteiger partial charge in [0.15, 0.2) is 0 Å². The maximum absolute atomic E-state index is 12.1. The number of aliphatic hydroxyl groups excluding tert-OH is 1. The Labute approximate surface area is 118 Å². The van der Waals surface area contributed by atoms with Crippen molar-refractivity contribution in [2.24, 2.45) is 0 Å². The normalized spacial score (nSPS) is 13.2. The van der Waals surface area contributed by atoms with Crippen molar-refractivity contribution in [2.45, 2.75) is 37.6 Å². The molecule has 0 bridgehead atoms. The summed E-state index contributed by atoms with van der Waals surface area (Å²) in [5.41, 5.74) is 0.554. The van der Waals surface area contributed by atoms with Gasteiger partial charge in [-0.25, -0.2) is 17.9 Å². The number of aryl methyl sites for hydroxylation is 1. The van der Waals surface area contributed by atoms with Crippen molar-refractivity contribution in [3.8, 4) is 0 Å². The highest BCUT2D eigenvalue weighted by atomic mass is 32.2. The Kier molecular flexibility index (Phi) is 5.67. The minimum Gasteiger partial charge on any atom is -0.478 e. The first-order chi connectivity index (χ1) is 9.35. The summed E-state index contributed by atoms with van der Waals surface area (Å²) in [6.07, 6.45) is 0.943. The summed E-state index contributed by atoms with van der Waals surface area (Å²) in [4.78, 5) is 11.0. The molecule has 1 unspecified atom stereocenters. The molecule has 6 nitrogen and oxygen atoms in total. The molecule has 7 heteroatoms. The molecule has 0 saturated carbocycles. The third-order valence-corrected chi connectivity index (χ3v) is 4.56. The molecule has 1 aromatic carbocycles. The van der Waals surface area contributed by atoms with Crippen molar-refractivity contribution in [1.82, 2.24) is 4.72 Å². The smallest absolute Gasteiger partial charge is 0.336 e. The highest BCUT2D eigenvalue weighted by Crippen LogP contribution is 2.17. The van der Waals surface area contributed by atoms with E-state index in [0.29, 0.717) is 18.4 Å². The molecule has 0 aliphatic heterocycles. The predicted octanol–water partition coefficient (Wildman–Crippen LogP) is 0.996. The minimum absolute atomic E-state index is 0.0209. The fraction of sp³-hybridized carbons (Fsp3) is 0.462. The number of carboxylic acids is 1. The van der Waals surface area contributed by atoms with Crippen LogP contribution in [0.25, 0.3) is 0 Å². The first-order valence-corrected chi connectivity index (χ1v) is 7.83. The van der Waals surface area contributed by atoms with Crippen molar-refractivity contribution in [3.05, 3.63) is 29.3 Å². The fourth-order valence-electron chi connectivity index (χ4n) is 1.77. The topological polar surface area (TPSA) is 104 Å². The molecule has 0 aliphatic rings. The summed E-state index contributed by atoms with van der Waals surface area (Å²) in [6, 6.07) is 3.43. The number of aromatic carboxylic acids is 1. The van der Waals surface area contributed by atoms with Gasteiger partial charge in [0.1, 0.15) is 0 Å². The van der Waals surface area contributed by atoms with E-state index in [1.165, 1.54) is 12.1 Å². The molecule has 0 heterocycles. The van der Waals surface area contributed by atoms with E-state index in [0.717, 1.165) is 6.07 Å². The van der Waals surface area contributed by atoms with E-state index in [4.69, 9.17) is 10.2 Å². The summed E-state index contributed by atoms with van der Waals surface area (Å²) in [5.74, 6) is -1.16. The maximum atomic E-state index is 12.1. The van der Waals surface area contributed by atoms with Crippen molar-refractivity contribution in [3.63, 3.8) is 0 Å². The van der Waals surface area contributed by atoms with Crippen LogP contribution in [0.1, 0.15) is 36.2 Å². The van der Waals surface area contributed by atoms with E-state index in [-0.39, 0.29) is 17.1 Å². The van der Waals surface area contributed by atoms with Gasteiger partial charge in [0.25, 0.3) is 0 Å². The molecule has 0 aliphatic carbocycles. The molecular formula is C13H19NO5S. The van der Waals surface area contributed by atoms with Gasteiger partial charge in [0, 0.05) is 6.04 Å². The maximum Gasteiger partial charge on any atom is 0.336 e.